The SMILES string of the molecule is CC/C=C\C/C=C\C/C=C\C/C=C\C/C=C\C/C=C\C/C=C\CCCCCC(=O)OC(COC(=O)CCCCCCCCCCCCCCCCCCCCCCCC/C=C\C/C=C\C/C=C\CCCCCCC)COP(=O)(O)OCCN. The van der Waals surface area contributed by atoms with Crippen molar-refractivity contribution in [2.45, 2.75) is 302 Å². The first kappa shape index (κ1) is 79.4. The second-order valence-electron chi connectivity index (χ2n) is 22.3. The first-order valence-corrected chi connectivity index (χ1v) is 35.5. The second-order valence-corrected chi connectivity index (χ2v) is 23.8. The minimum Gasteiger partial charge on any atom is -0.462 e. The van der Waals surface area contributed by atoms with Gasteiger partial charge in [-0.3, -0.25) is 18.6 Å². The highest BCUT2D eigenvalue weighted by Gasteiger charge is 2.26. The van der Waals surface area contributed by atoms with Gasteiger partial charge >= 0.3 is 19.8 Å². The van der Waals surface area contributed by atoms with Crippen LogP contribution in [0.4, 0.5) is 0 Å². The number of carbonyl (C=O) groups is 2. The third kappa shape index (κ3) is 67.4. The summed E-state index contributed by atoms with van der Waals surface area (Å²) in [5, 5.41) is 0. The van der Waals surface area contributed by atoms with Crippen LogP contribution in [-0.4, -0.2) is 49.3 Å². The number of rotatable bonds is 63. The van der Waals surface area contributed by atoms with Gasteiger partial charge in [0.2, 0.25) is 0 Å². The van der Waals surface area contributed by atoms with Gasteiger partial charge in [0.1, 0.15) is 6.61 Å². The average Bonchev–Trinajstić information content (AvgIpc) is 3.49. The molecule has 10 heteroatoms. The van der Waals surface area contributed by atoms with Crippen molar-refractivity contribution in [3.8, 4) is 0 Å². The Morgan fingerprint density at radius 3 is 1.00 bits per heavy atom. The first-order valence-electron chi connectivity index (χ1n) is 34.0. The van der Waals surface area contributed by atoms with E-state index < -0.39 is 26.5 Å². The van der Waals surface area contributed by atoms with Gasteiger partial charge in [0.25, 0.3) is 0 Å². The van der Waals surface area contributed by atoms with E-state index in [1.807, 2.05) is 0 Å². The fourth-order valence-corrected chi connectivity index (χ4v) is 10.1. The maximum absolute atomic E-state index is 12.7. The molecule has 3 N–H and O–H groups in total. The molecule has 0 aliphatic carbocycles. The molecular formula is C73H126NO8P. The second kappa shape index (κ2) is 67.5. The van der Waals surface area contributed by atoms with Crippen molar-refractivity contribution in [2.24, 2.45) is 5.73 Å². The number of unbranched alkanes of at least 4 members (excludes halogenated alkanes) is 30. The first-order chi connectivity index (χ1) is 40.8. The van der Waals surface area contributed by atoms with Crippen LogP contribution in [0.2, 0.25) is 0 Å². The van der Waals surface area contributed by atoms with Crippen LogP contribution in [0.3, 0.4) is 0 Å². The number of ether oxygens (including phenoxy) is 2. The molecule has 476 valence electrons. The third-order valence-electron chi connectivity index (χ3n) is 14.3. The minimum absolute atomic E-state index is 0.0426. The fourth-order valence-electron chi connectivity index (χ4n) is 9.33. The summed E-state index contributed by atoms with van der Waals surface area (Å²) in [6, 6.07) is 0. The van der Waals surface area contributed by atoms with Gasteiger partial charge in [-0.25, -0.2) is 4.57 Å². The number of allylic oxidation sites excluding steroid dienone is 20. The van der Waals surface area contributed by atoms with Crippen molar-refractivity contribution >= 4 is 19.8 Å². The Hall–Kier alpha value is -3.59. The van der Waals surface area contributed by atoms with Crippen LogP contribution in [-0.2, 0) is 32.7 Å². The zero-order valence-electron chi connectivity index (χ0n) is 53.4. The molecule has 0 amide bonds. The quantitative estimate of drug-likeness (QED) is 0.0264. The van der Waals surface area contributed by atoms with Gasteiger partial charge < -0.3 is 20.1 Å². The molecule has 0 radical (unpaired) electrons. The number of phosphoric ester groups is 1. The molecule has 9 nitrogen and oxygen atoms in total. The lowest BCUT2D eigenvalue weighted by atomic mass is 10.0. The Morgan fingerprint density at radius 1 is 0.373 bits per heavy atom. The van der Waals surface area contributed by atoms with E-state index in [1.54, 1.807) is 0 Å². The molecule has 0 spiro atoms. The minimum atomic E-state index is -4.41. The van der Waals surface area contributed by atoms with E-state index in [4.69, 9.17) is 24.3 Å². The molecule has 0 saturated carbocycles. The van der Waals surface area contributed by atoms with Crippen molar-refractivity contribution in [1.29, 1.82) is 0 Å². The molecule has 0 aliphatic rings. The number of hydrogen-bond acceptors (Lipinski definition) is 8. The number of carbonyl (C=O) groups excluding carboxylic acids is 2. The highest BCUT2D eigenvalue weighted by Crippen LogP contribution is 2.43. The molecule has 0 rings (SSSR count). The van der Waals surface area contributed by atoms with Crippen molar-refractivity contribution in [3.05, 3.63) is 122 Å². The summed E-state index contributed by atoms with van der Waals surface area (Å²) in [6.07, 6.45) is 94.4. The van der Waals surface area contributed by atoms with E-state index in [2.05, 4.69) is 135 Å². The molecular weight excluding hydrogens is 1050 g/mol. The maximum Gasteiger partial charge on any atom is 0.472 e. The van der Waals surface area contributed by atoms with Gasteiger partial charge in [-0.15, -0.1) is 0 Å². The third-order valence-corrected chi connectivity index (χ3v) is 15.3. The Bertz CT molecular complexity index is 1770. The molecule has 0 fully saturated rings. The van der Waals surface area contributed by atoms with Crippen molar-refractivity contribution in [1.82, 2.24) is 0 Å². The fraction of sp³-hybridized carbons (Fsp3) is 0.699. The molecule has 0 aliphatic heterocycles. The number of hydrogen-bond donors (Lipinski definition) is 2. The van der Waals surface area contributed by atoms with Crippen LogP contribution in [0, 0.1) is 0 Å². The van der Waals surface area contributed by atoms with Crippen molar-refractivity contribution < 1.29 is 37.6 Å². The van der Waals surface area contributed by atoms with E-state index in [9.17, 15) is 19.0 Å². The van der Waals surface area contributed by atoms with Gasteiger partial charge in [0, 0.05) is 19.4 Å². The zero-order valence-corrected chi connectivity index (χ0v) is 54.3. The van der Waals surface area contributed by atoms with Crippen molar-refractivity contribution in [3.63, 3.8) is 0 Å². The lowest BCUT2D eigenvalue weighted by molar-refractivity contribution is -0.161. The van der Waals surface area contributed by atoms with Crippen LogP contribution in [0.5, 0.6) is 0 Å². The van der Waals surface area contributed by atoms with Gasteiger partial charge in [-0.05, 0) is 109 Å². The molecule has 0 aromatic rings. The normalized spacial score (nSPS) is 13.7. The molecule has 0 aromatic heterocycles. The van der Waals surface area contributed by atoms with E-state index in [0.29, 0.717) is 6.42 Å². The maximum atomic E-state index is 12.7. The van der Waals surface area contributed by atoms with Gasteiger partial charge in [0.05, 0.1) is 13.2 Å². The molecule has 0 aromatic carbocycles. The van der Waals surface area contributed by atoms with Crippen LogP contribution in [0.15, 0.2) is 122 Å². The van der Waals surface area contributed by atoms with Crippen LogP contribution >= 0.6 is 7.82 Å². The van der Waals surface area contributed by atoms with Crippen molar-refractivity contribution in [2.75, 3.05) is 26.4 Å². The monoisotopic (exact) mass is 1180 g/mol. The van der Waals surface area contributed by atoms with Crippen LogP contribution < -0.4 is 5.73 Å². The summed E-state index contributed by atoms with van der Waals surface area (Å²) in [5.41, 5.74) is 5.39. The summed E-state index contributed by atoms with van der Waals surface area (Å²) in [6.45, 7) is 3.59. The molecule has 0 heterocycles. The Kier molecular flexibility index (Phi) is 64.6. The van der Waals surface area contributed by atoms with E-state index in [1.165, 1.54) is 167 Å². The Morgan fingerprint density at radius 2 is 0.663 bits per heavy atom. The Labute approximate surface area is 511 Å². The summed E-state index contributed by atoms with van der Waals surface area (Å²) in [7, 11) is -4.41. The molecule has 2 atom stereocenters. The summed E-state index contributed by atoms with van der Waals surface area (Å²) in [4.78, 5) is 35.3. The lowest BCUT2D eigenvalue weighted by Crippen LogP contribution is -2.29. The largest absolute Gasteiger partial charge is 0.472 e. The summed E-state index contributed by atoms with van der Waals surface area (Å²) >= 11 is 0. The highest BCUT2D eigenvalue weighted by atomic mass is 31.2. The predicted octanol–water partition coefficient (Wildman–Crippen LogP) is 22.3. The van der Waals surface area contributed by atoms with Gasteiger partial charge in [-0.2, -0.15) is 0 Å². The average molecular weight is 1180 g/mol. The topological polar surface area (TPSA) is 134 Å². The predicted molar refractivity (Wildman–Crippen MR) is 358 cm³/mol. The smallest absolute Gasteiger partial charge is 0.462 e. The van der Waals surface area contributed by atoms with Gasteiger partial charge in [0.15, 0.2) is 6.10 Å². The number of nitrogens with two attached hydrogens (primary N) is 1. The standard InChI is InChI=1S/C73H126NO8P/c1-3-5-7-9-11-13-15-17-19-21-23-25-27-29-30-31-32-33-34-35-36-37-38-39-40-42-43-45-47-49-51-53-55-57-59-61-63-65-72(75)79-69-71(70-81-83(77,78)80-68-67-74)82-73(76)66-64-62-60-58-56-54-52-50-48-46-44-41-28-26-24-22-20-18-16-14-12-10-8-6-4-2/h6,8,12,14-15,17-18,20-21,23-24,26-27,29,41,44,48,50,54,56,71H,3-5,7,9-11,13,16,19,22,25,28,30-40,42-43,45-47,49,51-53,55,57-70,74H2,1-2H3,(H,77,78)/b8-6-,14-12-,17-15-,20-18-,23-21-,26-24-,29-27-,44-41-,50-48-,56-54-. The van der Waals surface area contributed by atoms with Crippen LogP contribution in [0.1, 0.15) is 296 Å². The summed E-state index contributed by atoms with van der Waals surface area (Å²) < 4.78 is 33.1. The zero-order chi connectivity index (χ0) is 60.1. The highest BCUT2D eigenvalue weighted by molar-refractivity contribution is 7.47. The van der Waals surface area contributed by atoms with E-state index in [-0.39, 0.29) is 38.6 Å². The number of esters is 2. The number of phosphoric acid groups is 1. The molecule has 83 heavy (non-hydrogen) atoms. The van der Waals surface area contributed by atoms with Crippen LogP contribution in [0.25, 0.3) is 0 Å². The molecule has 0 bridgehead atoms. The van der Waals surface area contributed by atoms with E-state index in [0.717, 1.165) is 96.3 Å². The molecule has 0 saturated heterocycles. The molecule has 2 unspecified atom stereocenters. The Balaban J connectivity index is 3.91. The van der Waals surface area contributed by atoms with E-state index >= 15 is 0 Å². The van der Waals surface area contributed by atoms with Gasteiger partial charge in [-0.1, -0.05) is 296 Å². The lowest BCUT2D eigenvalue weighted by Gasteiger charge is -2.19. The summed E-state index contributed by atoms with van der Waals surface area (Å²) in [5.74, 6) is -0.864.